The fourth-order valence-electron chi connectivity index (χ4n) is 1.92. The smallest absolute Gasteiger partial charge is 0.243 e. The minimum Gasteiger partial charge on any atom is -0.495 e. The number of sulfonamides is 1. The number of hydrogen-bond acceptors (Lipinski definition) is 3. The molecule has 0 atom stereocenters. The molecule has 0 aliphatic rings. The van der Waals surface area contributed by atoms with Gasteiger partial charge in [0.25, 0.3) is 0 Å². The van der Waals surface area contributed by atoms with Crippen molar-refractivity contribution in [3.8, 4) is 5.75 Å². The van der Waals surface area contributed by atoms with Crippen LogP contribution in [0.1, 0.15) is 5.56 Å². The minimum absolute atomic E-state index is 0.0721. The van der Waals surface area contributed by atoms with Gasteiger partial charge < -0.3 is 4.74 Å². The molecule has 0 heterocycles. The fraction of sp³-hybridized carbons (Fsp3) is 0.200. The molecule has 0 N–H and O–H groups in total. The zero-order chi connectivity index (χ0) is 16.3. The summed E-state index contributed by atoms with van der Waals surface area (Å²) in [5, 5.41) is 0.221. The van der Waals surface area contributed by atoms with Gasteiger partial charge in [0.2, 0.25) is 10.0 Å². The molecule has 118 valence electrons. The molecule has 0 aliphatic carbocycles. The molecule has 2 aromatic carbocycles. The molecule has 7 heteroatoms. The van der Waals surface area contributed by atoms with E-state index < -0.39 is 10.0 Å². The van der Waals surface area contributed by atoms with E-state index in [2.05, 4.69) is 0 Å². The average molecular weight is 344 g/mol. The Morgan fingerprint density at radius 1 is 1.18 bits per heavy atom. The molecule has 4 nitrogen and oxygen atoms in total. The average Bonchev–Trinajstić information content (AvgIpc) is 2.49. The van der Waals surface area contributed by atoms with E-state index in [4.69, 9.17) is 16.3 Å². The first-order chi connectivity index (χ1) is 10.3. The van der Waals surface area contributed by atoms with Crippen LogP contribution in [0.2, 0.25) is 5.02 Å². The van der Waals surface area contributed by atoms with Crippen LogP contribution in [-0.2, 0) is 16.6 Å². The van der Waals surface area contributed by atoms with Crippen molar-refractivity contribution < 1.29 is 17.5 Å². The normalized spacial score (nSPS) is 11.7. The maximum Gasteiger partial charge on any atom is 0.243 e. The Hall–Kier alpha value is -1.63. The molecule has 0 aliphatic heterocycles. The standard InChI is InChI=1S/C15H15ClFNO3S/c1-18(10-11-3-5-12(17)6-4-11)22(19,20)13-7-8-15(21-2)14(16)9-13/h3-9H,10H2,1-2H3. The van der Waals surface area contributed by atoms with Crippen molar-refractivity contribution in [2.75, 3.05) is 14.2 Å². The Morgan fingerprint density at radius 3 is 2.36 bits per heavy atom. The van der Waals surface area contributed by atoms with Gasteiger partial charge in [-0.2, -0.15) is 4.31 Å². The summed E-state index contributed by atoms with van der Waals surface area (Å²) in [4.78, 5) is 0.0721. The van der Waals surface area contributed by atoms with Crippen molar-refractivity contribution >= 4 is 21.6 Å². The van der Waals surface area contributed by atoms with Gasteiger partial charge in [-0.15, -0.1) is 0 Å². The van der Waals surface area contributed by atoms with Gasteiger partial charge in [-0.1, -0.05) is 23.7 Å². The third-order valence-corrected chi connectivity index (χ3v) is 5.24. The summed E-state index contributed by atoms with van der Waals surface area (Å²) in [6.45, 7) is 0.131. The highest BCUT2D eigenvalue weighted by Crippen LogP contribution is 2.28. The number of halogens is 2. The summed E-state index contributed by atoms with van der Waals surface area (Å²) in [7, 11) is -0.786. The van der Waals surface area contributed by atoms with Gasteiger partial charge in [-0.05, 0) is 35.9 Å². The fourth-order valence-corrected chi connectivity index (χ4v) is 3.43. The maximum atomic E-state index is 12.9. The van der Waals surface area contributed by atoms with Crippen LogP contribution in [0.5, 0.6) is 5.75 Å². The first-order valence-corrected chi connectivity index (χ1v) is 8.20. The minimum atomic E-state index is -3.70. The lowest BCUT2D eigenvalue weighted by Crippen LogP contribution is -2.26. The highest BCUT2D eigenvalue weighted by molar-refractivity contribution is 7.89. The van der Waals surface area contributed by atoms with Gasteiger partial charge in [-0.3, -0.25) is 0 Å². The van der Waals surface area contributed by atoms with E-state index in [1.807, 2.05) is 0 Å². The monoisotopic (exact) mass is 343 g/mol. The van der Waals surface area contributed by atoms with Crippen molar-refractivity contribution in [2.24, 2.45) is 0 Å². The third kappa shape index (κ3) is 3.58. The van der Waals surface area contributed by atoms with E-state index in [-0.39, 0.29) is 22.3 Å². The van der Waals surface area contributed by atoms with E-state index in [9.17, 15) is 12.8 Å². The van der Waals surface area contributed by atoms with Gasteiger partial charge in [0.15, 0.2) is 0 Å². The summed E-state index contributed by atoms with van der Waals surface area (Å²) in [5.41, 5.74) is 0.687. The van der Waals surface area contributed by atoms with Crippen LogP contribution in [0.4, 0.5) is 4.39 Å². The molecule has 0 saturated carbocycles. The molecule has 0 bridgehead atoms. The quantitative estimate of drug-likeness (QED) is 0.836. The van der Waals surface area contributed by atoms with E-state index in [0.29, 0.717) is 11.3 Å². The van der Waals surface area contributed by atoms with Crippen molar-refractivity contribution in [1.29, 1.82) is 0 Å². The lowest BCUT2D eigenvalue weighted by Gasteiger charge is -2.18. The van der Waals surface area contributed by atoms with Gasteiger partial charge in [0.05, 0.1) is 17.0 Å². The molecular formula is C15H15ClFNO3S. The molecule has 0 saturated heterocycles. The first kappa shape index (κ1) is 16.7. The highest BCUT2D eigenvalue weighted by atomic mass is 35.5. The number of benzene rings is 2. The molecule has 2 aromatic rings. The van der Waals surface area contributed by atoms with E-state index in [1.165, 1.54) is 48.8 Å². The van der Waals surface area contributed by atoms with Crippen molar-refractivity contribution in [2.45, 2.75) is 11.4 Å². The third-order valence-electron chi connectivity index (χ3n) is 3.15. The second-order valence-corrected chi connectivity index (χ2v) is 7.14. The van der Waals surface area contributed by atoms with Crippen molar-refractivity contribution in [3.63, 3.8) is 0 Å². The van der Waals surface area contributed by atoms with Crippen LogP contribution < -0.4 is 4.74 Å². The number of hydrogen-bond donors (Lipinski definition) is 0. The van der Waals surface area contributed by atoms with E-state index in [0.717, 1.165) is 0 Å². The molecule has 0 amide bonds. The molecule has 0 aromatic heterocycles. The van der Waals surface area contributed by atoms with Gasteiger partial charge >= 0.3 is 0 Å². The van der Waals surface area contributed by atoms with Crippen molar-refractivity contribution in [3.05, 3.63) is 58.9 Å². The molecule has 0 unspecified atom stereocenters. The predicted octanol–water partition coefficient (Wildman–Crippen LogP) is 3.31. The summed E-state index contributed by atoms with van der Waals surface area (Å²) in [6, 6.07) is 9.95. The summed E-state index contributed by atoms with van der Waals surface area (Å²) in [6.07, 6.45) is 0. The number of nitrogens with zero attached hydrogens (tertiary/aromatic N) is 1. The molecule has 0 fully saturated rings. The topological polar surface area (TPSA) is 46.6 Å². The number of ether oxygens (including phenoxy) is 1. The first-order valence-electron chi connectivity index (χ1n) is 6.39. The largest absolute Gasteiger partial charge is 0.495 e. The van der Waals surface area contributed by atoms with Gasteiger partial charge in [-0.25, -0.2) is 12.8 Å². The Labute approximate surface area is 134 Å². The number of methoxy groups -OCH3 is 1. The molecule has 0 spiro atoms. The SMILES string of the molecule is COc1ccc(S(=O)(=O)N(C)Cc2ccc(F)cc2)cc1Cl. The van der Waals surface area contributed by atoms with Crippen LogP contribution >= 0.6 is 11.6 Å². The van der Waals surface area contributed by atoms with Crippen LogP contribution in [0.15, 0.2) is 47.4 Å². The molecule has 2 rings (SSSR count). The molecule has 22 heavy (non-hydrogen) atoms. The predicted molar refractivity (Wildman–Crippen MR) is 83.1 cm³/mol. The van der Waals surface area contributed by atoms with Crippen LogP contribution in [0, 0.1) is 5.82 Å². The summed E-state index contributed by atoms with van der Waals surface area (Å²) < 4.78 is 44.1. The molecular weight excluding hydrogens is 329 g/mol. The van der Waals surface area contributed by atoms with Crippen molar-refractivity contribution in [1.82, 2.24) is 4.31 Å². The van der Waals surface area contributed by atoms with Gasteiger partial charge in [0.1, 0.15) is 11.6 Å². The lowest BCUT2D eigenvalue weighted by atomic mass is 10.2. The Bertz CT molecular complexity index is 763. The Morgan fingerprint density at radius 2 is 1.82 bits per heavy atom. The second kappa shape index (κ2) is 6.64. The zero-order valence-corrected chi connectivity index (χ0v) is 13.7. The van der Waals surface area contributed by atoms with Crippen LogP contribution in [0.3, 0.4) is 0 Å². The lowest BCUT2D eigenvalue weighted by molar-refractivity contribution is 0.414. The Kier molecular flexibility index (Phi) is 5.05. The Balaban J connectivity index is 2.25. The maximum absolute atomic E-state index is 12.9. The zero-order valence-electron chi connectivity index (χ0n) is 12.1. The number of rotatable bonds is 5. The van der Waals surface area contributed by atoms with Crippen LogP contribution in [0.25, 0.3) is 0 Å². The summed E-state index contributed by atoms with van der Waals surface area (Å²) >= 11 is 5.97. The van der Waals surface area contributed by atoms with E-state index >= 15 is 0 Å². The second-order valence-electron chi connectivity index (χ2n) is 4.68. The van der Waals surface area contributed by atoms with Gasteiger partial charge in [0, 0.05) is 13.6 Å². The highest BCUT2D eigenvalue weighted by Gasteiger charge is 2.22. The van der Waals surface area contributed by atoms with Crippen LogP contribution in [-0.4, -0.2) is 26.9 Å². The molecule has 0 radical (unpaired) electrons. The van der Waals surface area contributed by atoms with E-state index in [1.54, 1.807) is 12.1 Å². The summed E-state index contributed by atoms with van der Waals surface area (Å²) in [5.74, 6) is 0.0398.